The van der Waals surface area contributed by atoms with Crippen molar-refractivity contribution in [2.75, 3.05) is 26.7 Å². The monoisotopic (exact) mass is 455 g/mol. The van der Waals surface area contributed by atoms with E-state index in [1.54, 1.807) is 0 Å². The Morgan fingerprint density at radius 2 is 1.82 bits per heavy atom. The van der Waals surface area contributed by atoms with Crippen molar-refractivity contribution in [3.05, 3.63) is 95.7 Å². The molecule has 4 rings (SSSR count). The molecule has 0 bridgehead atoms. The summed E-state index contributed by atoms with van der Waals surface area (Å²) in [5.41, 5.74) is 7.13. The van der Waals surface area contributed by atoms with Crippen LogP contribution in [0.15, 0.2) is 78.9 Å². The molecule has 0 aliphatic carbocycles. The van der Waals surface area contributed by atoms with Crippen molar-refractivity contribution in [1.29, 1.82) is 0 Å². The van der Waals surface area contributed by atoms with Crippen LogP contribution in [0.25, 0.3) is 11.3 Å². The zero-order chi connectivity index (χ0) is 23.8. The van der Waals surface area contributed by atoms with E-state index in [1.807, 2.05) is 32.2 Å². The third-order valence-electron chi connectivity index (χ3n) is 6.65. The first-order valence-corrected chi connectivity index (χ1v) is 12.5. The van der Waals surface area contributed by atoms with Gasteiger partial charge in [-0.2, -0.15) is 0 Å². The number of rotatable bonds is 8. The van der Waals surface area contributed by atoms with Gasteiger partial charge >= 0.3 is 0 Å². The van der Waals surface area contributed by atoms with Crippen molar-refractivity contribution in [2.24, 2.45) is 0 Å². The number of nitrogens with one attached hydrogen (secondary N) is 1. The summed E-state index contributed by atoms with van der Waals surface area (Å²) < 4.78 is 5.86. The normalized spacial score (nSPS) is 17.2. The molecule has 1 N–H and O–H groups in total. The number of hydrogen-bond donors (Lipinski definition) is 1. The minimum atomic E-state index is 0.353. The van der Waals surface area contributed by atoms with Crippen LogP contribution in [0.2, 0.25) is 0 Å². The molecule has 2 heterocycles. The first-order chi connectivity index (χ1) is 16.7. The second-order valence-electron chi connectivity index (χ2n) is 9.06. The molecule has 1 unspecified atom stereocenters. The molecule has 1 aliphatic heterocycles. The molecule has 178 valence electrons. The van der Waals surface area contributed by atoms with E-state index in [2.05, 4.69) is 65.3 Å². The number of ether oxygens (including phenoxy) is 1. The first-order valence-electron chi connectivity index (χ1n) is 12.5. The topological polar surface area (TPSA) is 37.4 Å². The van der Waals surface area contributed by atoms with Gasteiger partial charge in [-0.05, 0) is 69.1 Å². The standard InChI is InChI=1S/C30H37N3O/c1-4-34-30-15-9-8-13-27(30)28-17-16-26(29(32-28)21-31-3)25-14-10-19-33(20-18-23(25)2)22-24-11-6-5-7-12-24/h5-9,11-13,15-17,25,31H,2,4,10,14,18-22H2,1,3H3. The Kier molecular flexibility index (Phi) is 8.51. The average molecular weight is 456 g/mol. The van der Waals surface area contributed by atoms with Crippen molar-refractivity contribution >= 4 is 0 Å². The van der Waals surface area contributed by atoms with Gasteiger partial charge in [0.25, 0.3) is 0 Å². The third-order valence-corrected chi connectivity index (χ3v) is 6.65. The molecule has 0 radical (unpaired) electrons. The number of nitrogens with zero attached hydrogens (tertiary/aromatic N) is 2. The molecule has 34 heavy (non-hydrogen) atoms. The SMILES string of the molecule is C=C1CCN(Cc2ccccc2)CCCC1c1ccc(-c2ccccc2OCC)nc1CNC. The first kappa shape index (κ1) is 24.2. The Morgan fingerprint density at radius 3 is 2.62 bits per heavy atom. The third kappa shape index (κ3) is 5.94. The van der Waals surface area contributed by atoms with Crippen LogP contribution < -0.4 is 10.1 Å². The molecular weight excluding hydrogens is 418 g/mol. The molecule has 1 saturated heterocycles. The van der Waals surface area contributed by atoms with E-state index in [1.165, 1.54) is 16.7 Å². The molecule has 0 amide bonds. The maximum absolute atomic E-state index is 5.86. The second kappa shape index (κ2) is 12.0. The van der Waals surface area contributed by atoms with E-state index in [4.69, 9.17) is 9.72 Å². The smallest absolute Gasteiger partial charge is 0.128 e. The maximum Gasteiger partial charge on any atom is 0.128 e. The maximum atomic E-state index is 5.86. The van der Waals surface area contributed by atoms with Gasteiger partial charge in [0.1, 0.15) is 5.75 Å². The largest absolute Gasteiger partial charge is 0.493 e. The Labute approximate surface area is 204 Å². The van der Waals surface area contributed by atoms with Crippen LogP contribution >= 0.6 is 0 Å². The number of likely N-dealkylation sites (tertiary alicyclic amines) is 1. The lowest BCUT2D eigenvalue weighted by molar-refractivity contribution is 0.249. The van der Waals surface area contributed by atoms with E-state index in [-0.39, 0.29) is 0 Å². The molecule has 0 spiro atoms. The molecule has 4 heteroatoms. The number of hydrogen-bond acceptors (Lipinski definition) is 4. The number of para-hydroxylation sites is 1. The number of pyridine rings is 1. The average Bonchev–Trinajstić information content (AvgIpc) is 2.85. The summed E-state index contributed by atoms with van der Waals surface area (Å²) in [6.07, 6.45) is 3.28. The zero-order valence-electron chi connectivity index (χ0n) is 20.6. The number of aromatic nitrogens is 1. The van der Waals surface area contributed by atoms with Crippen LogP contribution in [0.5, 0.6) is 5.75 Å². The minimum Gasteiger partial charge on any atom is -0.493 e. The Morgan fingerprint density at radius 1 is 1.03 bits per heavy atom. The predicted octanol–water partition coefficient (Wildman–Crippen LogP) is 6.19. The molecule has 4 nitrogen and oxygen atoms in total. The molecule has 1 atom stereocenters. The van der Waals surface area contributed by atoms with E-state index >= 15 is 0 Å². The minimum absolute atomic E-state index is 0.353. The molecule has 1 fully saturated rings. The highest BCUT2D eigenvalue weighted by atomic mass is 16.5. The van der Waals surface area contributed by atoms with Crippen molar-refractivity contribution in [3.8, 4) is 17.0 Å². The zero-order valence-corrected chi connectivity index (χ0v) is 20.6. The Balaban J connectivity index is 1.53. The van der Waals surface area contributed by atoms with Crippen molar-refractivity contribution in [1.82, 2.24) is 15.2 Å². The lowest BCUT2D eigenvalue weighted by Crippen LogP contribution is -2.29. The van der Waals surface area contributed by atoms with Crippen LogP contribution in [-0.4, -0.2) is 36.6 Å². The quantitative estimate of drug-likeness (QED) is 0.411. The van der Waals surface area contributed by atoms with Gasteiger partial charge < -0.3 is 10.1 Å². The van der Waals surface area contributed by atoms with Gasteiger partial charge in [-0.1, -0.05) is 60.7 Å². The van der Waals surface area contributed by atoms with Gasteiger partial charge in [-0.3, -0.25) is 9.88 Å². The highest BCUT2D eigenvalue weighted by molar-refractivity contribution is 5.67. The van der Waals surface area contributed by atoms with Crippen LogP contribution in [-0.2, 0) is 13.1 Å². The van der Waals surface area contributed by atoms with Crippen molar-refractivity contribution < 1.29 is 4.74 Å². The summed E-state index contributed by atoms with van der Waals surface area (Å²) in [5, 5.41) is 3.33. The molecule has 3 aromatic rings. The van der Waals surface area contributed by atoms with E-state index in [9.17, 15) is 0 Å². The van der Waals surface area contributed by atoms with Gasteiger partial charge in [-0.15, -0.1) is 0 Å². The van der Waals surface area contributed by atoms with Crippen molar-refractivity contribution in [3.63, 3.8) is 0 Å². The van der Waals surface area contributed by atoms with Crippen LogP contribution in [0, 0.1) is 0 Å². The summed E-state index contributed by atoms with van der Waals surface area (Å²) in [4.78, 5) is 7.68. The summed E-state index contributed by atoms with van der Waals surface area (Å²) in [6.45, 7) is 11.1. The Hall–Kier alpha value is -2.95. The predicted molar refractivity (Wildman–Crippen MR) is 141 cm³/mol. The van der Waals surface area contributed by atoms with Crippen LogP contribution in [0.4, 0.5) is 0 Å². The van der Waals surface area contributed by atoms with E-state index in [0.717, 1.165) is 68.1 Å². The van der Waals surface area contributed by atoms with Gasteiger partial charge in [-0.25, -0.2) is 0 Å². The van der Waals surface area contributed by atoms with Crippen molar-refractivity contribution in [2.45, 2.75) is 45.2 Å². The molecule has 1 aliphatic rings. The summed E-state index contributed by atoms with van der Waals surface area (Å²) in [6, 6.07) is 23.4. The lowest BCUT2D eigenvalue weighted by Gasteiger charge is -2.30. The van der Waals surface area contributed by atoms with Crippen LogP contribution in [0.1, 0.15) is 48.9 Å². The fourth-order valence-corrected chi connectivity index (χ4v) is 4.93. The summed E-state index contributed by atoms with van der Waals surface area (Å²) in [5.74, 6) is 1.24. The van der Waals surface area contributed by atoms with E-state index < -0.39 is 0 Å². The summed E-state index contributed by atoms with van der Waals surface area (Å²) in [7, 11) is 1.99. The van der Waals surface area contributed by atoms with Gasteiger partial charge in [0, 0.05) is 31.1 Å². The van der Waals surface area contributed by atoms with E-state index in [0.29, 0.717) is 12.5 Å². The molecule has 1 aromatic heterocycles. The molecule has 0 saturated carbocycles. The lowest BCUT2D eigenvalue weighted by atomic mass is 9.84. The fourth-order valence-electron chi connectivity index (χ4n) is 4.93. The van der Waals surface area contributed by atoms with Crippen LogP contribution in [0.3, 0.4) is 0 Å². The van der Waals surface area contributed by atoms with Gasteiger partial charge in [0.2, 0.25) is 0 Å². The molecule has 2 aromatic carbocycles. The molecular formula is C30H37N3O. The second-order valence-corrected chi connectivity index (χ2v) is 9.06. The Bertz CT molecular complexity index is 1080. The summed E-state index contributed by atoms with van der Waals surface area (Å²) >= 11 is 0. The van der Waals surface area contributed by atoms with Gasteiger partial charge in [0.05, 0.1) is 18.0 Å². The number of benzene rings is 2. The fraction of sp³-hybridized carbons (Fsp3) is 0.367. The highest BCUT2D eigenvalue weighted by Gasteiger charge is 2.23. The highest BCUT2D eigenvalue weighted by Crippen LogP contribution is 2.36. The van der Waals surface area contributed by atoms with Gasteiger partial charge in [0.15, 0.2) is 0 Å².